The minimum Gasteiger partial charge on any atom is -0.309 e. The number of pyridine rings is 1. The zero-order valence-electron chi connectivity index (χ0n) is 6.76. The minimum atomic E-state index is 0.661. The van der Waals surface area contributed by atoms with Crippen LogP contribution in [0.1, 0.15) is 5.69 Å². The van der Waals surface area contributed by atoms with Crippen molar-refractivity contribution in [3.05, 3.63) is 29.0 Å². The lowest BCUT2D eigenvalue weighted by atomic mass is 10.3. The maximum absolute atomic E-state index is 5.73. The Kier molecular flexibility index (Phi) is 3.59. The lowest BCUT2D eigenvalue weighted by Crippen LogP contribution is -2.04. The molecule has 62 valence electrons. The van der Waals surface area contributed by atoms with Crippen LogP contribution in [-0.2, 0) is 0 Å². The van der Waals surface area contributed by atoms with Gasteiger partial charge in [-0.25, -0.2) is 4.98 Å². The summed E-state index contributed by atoms with van der Waals surface area (Å²) >= 11 is 5.73. The Morgan fingerprint density at radius 1 is 1.67 bits per heavy atom. The van der Waals surface area contributed by atoms with Crippen LogP contribution in [-0.4, -0.2) is 18.6 Å². The van der Waals surface area contributed by atoms with Gasteiger partial charge in [0.1, 0.15) is 5.69 Å². The predicted molar refractivity (Wildman–Crippen MR) is 50.1 cm³/mol. The minimum absolute atomic E-state index is 0.661. The molecule has 1 rings (SSSR count). The molecule has 0 aliphatic carbocycles. The molecule has 0 saturated carbocycles. The van der Waals surface area contributed by atoms with Crippen molar-refractivity contribution in [1.29, 1.82) is 0 Å². The summed E-state index contributed by atoms with van der Waals surface area (Å²) in [4.78, 5) is 4.03. The van der Waals surface area contributed by atoms with E-state index in [0.717, 1.165) is 0 Å². The van der Waals surface area contributed by atoms with Crippen LogP contribution >= 0.6 is 11.6 Å². The Labute approximate surface area is 77.0 Å². The average Bonchev–Trinajstić information content (AvgIpc) is 2.05. The third kappa shape index (κ3) is 2.91. The highest BCUT2D eigenvalue weighted by atomic mass is 35.5. The van der Waals surface area contributed by atoms with Crippen LogP contribution < -0.4 is 5.32 Å². The molecule has 0 unspecified atom stereocenters. The van der Waals surface area contributed by atoms with E-state index in [2.05, 4.69) is 22.1 Å². The lowest BCUT2D eigenvalue weighted by Gasteiger charge is -1.89. The van der Waals surface area contributed by atoms with Crippen molar-refractivity contribution in [2.24, 2.45) is 0 Å². The van der Waals surface area contributed by atoms with Crippen LogP contribution in [0.5, 0.6) is 0 Å². The molecule has 1 aromatic heterocycles. The Morgan fingerprint density at radius 2 is 2.50 bits per heavy atom. The molecule has 0 aliphatic rings. The largest absolute Gasteiger partial charge is 0.309 e. The Bertz CT molecular complexity index is 312. The second-order valence-electron chi connectivity index (χ2n) is 2.19. The van der Waals surface area contributed by atoms with Gasteiger partial charge >= 0.3 is 0 Å². The fraction of sp³-hybridized carbons (Fsp3) is 0.222. The Morgan fingerprint density at radius 3 is 3.17 bits per heavy atom. The van der Waals surface area contributed by atoms with Crippen LogP contribution in [0.15, 0.2) is 18.3 Å². The number of aromatic nitrogens is 1. The molecule has 0 atom stereocenters. The van der Waals surface area contributed by atoms with Crippen LogP contribution in [0, 0.1) is 11.8 Å². The number of rotatable bonds is 1. The van der Waals surface area contributed by atoms with Crippen LogP contribution in [0.2, 0.25) is 5.02 Å². The highest BCUT2D eigenvalue weighted by Crippen LogP contribution is 2.06. The second kappa shape index (κ2) is 4.76. The van der Waals surface area contributed by atoms with Crippen LogP contribution in [0.25, 0.3) is 0 Å². The first kappa shape index (κ1) is 9.05. The van der Waals surface area contributed by atoms with Crippen molar-refractivity contribution in [1.82, 2.24) is 10.3 Å². The van der Waals surface area contributed by atoms with E-state index in [9.17, 15) is 0 Å². The van der Waals surface area contributed by atoms with Gasteiger partial charge in [-0.3, -0.25) is 0 Å². The zero-order valence-corrected chi connectivity index (χ0v) is 7.52. The first-order valence-electron chi connectivity index (χ1n) is 3.58. The molecule has 0 bridgehead atoms. The van der Waals surface area contributed by atoms with Crippen molar-refractivity contribution >= 4 is 11.6 Å². The first-order chi connectivity index (χ1) is 5.83. The van der Waals surface area contributed by atoms with E-state index in [-0.39, 0.29) is 0 Å². The van der Waals surface area contributed by atoms with Gasteiger partial charge in [0, 0.05) is 11.2 Å². The molecule has 0 aliphatic heterocycles. The molecule has 1 aromatic rings. The van der Waals surface area contributed by atoms with E-state index in [1.165, 1.54) is 0 Å². The molecule has 0 fully saturated rings. The van der Waals surface area contributed by atoms with Crippen molar-refractivity contribution in [3.8, 4) is 11.8 Å². The normalized spacial score (nSPS) is 8.83. The topological polar surface area (TPSA) is 24.9 Å². The summed E-state index contributed by atoms with van der Waals surface area (Å²) in [5.41, 5.74) is 0.706. The van der Waals surface area contributed by atoms with Gasteiger partial charge in [0.05, 0.1) is 6.54 Å². The Hall–Kier alpha value is -1.04. The maximum atomic E-state index is 5.73. The molecule has 2 nitrogen and oxygen atoms in total. The van der Waals surface area contributed by atoms with Gasteiger partial charge in [-0.1, -0.05) is 17.5 Å². The van der Waals surface area contributed by atoms with E-state index < -0.39 is 0 Å². The van der Waals surface area contributed by atoms with Crippen molar-refractivity contribution in [3.63, 3.8) is 0 Å². The number of halogens is 1. The second-order valence-corrected chi connectivity index (χ2v) is 2.63. The Balaban J connectivity index is 2.71. The molecule has 0 amide bonds. The van der Waals surface area contributed by atoms with Gasteiger partial charge in [-0.05, 0) is 25.1 Å². The SMILES string of the molecule is CNCC#Cc1cc(Cl)ccn1. The van der Waals surface area contributed by atoms with Gasteiger partial charge in [0.15, 0.2) is 0 Å². The summed E-state index contributed by atoms with van der Waals surface area (Å²) in [5, 5.41) is 3.58. The van der Waals surface area contributed by atoms with Gasteiger partial charge in [0.25, 0.3) is 0 Å². The van der Waals surface area contributed by atoms with Gasteiger partial charge in [-0.15, -0.1) is 0 Å². The molecule has 1 heterocycles. The van der Waals surface area contributed by atoms with Crippen molar-refractivity contribution in [2.75, 3.05) is 13.6 Å². The van der Waals surface area contributed by atoms with E-state index in [1.54, 1.807) is 18.3 Å². The van der Waals surface area contributed by atoms with Crippen LogP contribution in [0.4, 0.5) is 0 Å². The standard InChI is InChI=1S/C9H9ClN2/c1-11-5-2-3-9-7-8(10)4-6-12-9/h4,6-7,11H,5H2,1H3. The summed E-state index contributed by atoms with van der Waals surface area (Å²) in [6.45, 7) is 0.661. The molecule has 0 aromatic carbocycles. The molecular formula is C9H9ClN2. The maximum Gasteiger partial charge on any atom is 0.114 e. The summed E-state index contributed by atoms with van der Waals surface area (Å²) in [7, 11) is 1.85. The highest BCUT2D eigenvalue weighted by Gasteiger charge is 1.88. The molecule has 3 heteroatoms. The molecule has 12 heavy (non-hydrogen) atoms. The van der Waals surface area contributed by atoms with E-state index in [1.807, 2.05) is 7.05 Å². The monoisotopic (exact) mass is 180 g/mol. The third-order valence-electron chi connectivity index (χ3n) is 1.20. The number of nitrogens with zero attached hydrogens (tertiary/aromatic N) is 1. The smallest absolute Gasteiger partial charge is 0.114 e. The van der Waals surface area contributed by atoms with Gasteiger partial charge in [0.2, 0.25) is 0 Å². The average molecular weight is 181 g/mol. The zero-order chi connectivity index (χ0) is 8.81. The van der Waals surface area contributed by atoms with Crippen LogP contribution in [0.3, 0.4) is 0 Å². The summed E-state index contributed by atoms with van der Waals surface area (Å²) in [5.74, 6) is 5.77. The van der Waals surface area contributed by atoms with Gasteiger partial charge in [-0.2, -0.15) is 0 Å². The highest BCUT2D eigenvalue weighted by molar-refractivity contribution is 6.30. The molecular weight excluding hydrogens is 172 g/mol. The quantitative estimate of drug-likeness (QED) is 0.660. The number of hydrogen-bond acceptors (Lipinski definition) is 2. The number of hydrogen-bond donors (Lipinski definition) is 1. The van der Waals surface area contributed by atoms with Crippen molar-refractivity contribution < 1.29 is 0 Å². The first-order valence-corrected chi connectivity index (χ1v) is 3.96. The summed E-state index contributed by atoms with van der Waals surface area (Å²) in [6, 6.07) is 3.47. The fourth-order valence-electron chi connectivity index (χ4n) is 0.696. The molecule has 0 radical (unpaired) electrons. The third-order valence-corrected chi connectivity index (χ3v) is 1.44. The van der Waals surface area contributed by atoms with E-state index in [4.69, 9.17) is 11.6 Å². The van der Waals surface area contributed by atoms with E-state index >= 15 is 0 Å². The van der Waals surface area contributed by atoms with Gasteiger partial charge < -0.3 is 5.32 Å². The summed E-state index contributed by atoms with van der Waals surface area (Å²) < 4.78 is 0. The fourth-order valence-corrected chi connectivity index (χ4v) is 0.856. The van der Waals surface area contributed by atoms with Crippen molar-refractivity contribution in [2.45, 2.75) is 0 Å². The predicted octanol–water partition coefficient (Wildman–Crippen LogP) is 1.31. The molecule has 1 N–H and O–H groups in total. The summed E-state index contributed by atoms with van der Waals surface area (Å²) in [6.07, 6.45) is 1.64. The molecule has 0 spiro atoms. The molecule has 0 saturated heterocycles. The van der Waals surface area contributed by atoms with E-state index in [0.29, 0.717) is 17.3 Å². The lowest BCUT2D eigenvalue weighted by molar-refractivity contribution is 0.938. The number of nitrogens with one attached hydrogen (secondary N) is 1.